The smallest absolute Gasteiger partial charge is 0.330 e. The molecule has 0 aliphatic rings. The Labute approximate surface area is 65.1 Å². The van der Waals surface area contributed by atoms with Crippen LogP contribution in [-0.4, -0.2) is 29.5 Å². The van der Waals surface area contributed by atoms with Gasteiger partial charge in [-0.15, -0.1) is 0 Å². The van der Waals surface area contributed by atoms with E-state index in [0.29, 0.717) is 0 Å². The second-order valence-electron chi connectivity index (χ2n) is 1.67. The number of hydrogen-bond donors (Lipinski definition) is 2. The van der Waals surface area contributed by atoms with Crippen LogP contribution in [0.3, 0.4) is 0 Å². The first kappa shape index (κ1) is 9.52. The number of hydrogen-bond acceptors (Lipinski definition) is 4. The molecule has 0 saturated heterocycles. The van der Waals surface area contributed by atoms with E-state index in [4.69, 9.17) is 5.11 Å². The molecule has 0 aromatic carbocycles. The number of thiol groups is 1. The maximum Gasteiger partial charge on any atom is 0.330 e. The fraction of sp³-hybridized carbons (Fsp3) is 0.500. The Hall–Kier alpha value is -0.480. The summed E-state index contributed by atoms with van der Waals surface area (Å²) in [5.74, 6) is -0.245. The van der Waals surface area contributed by atoms with Crippen molar-refractivity contribution in [3.63, 3.8) is 0 Å². The van der Waals surface area contributed by atoms with Crippen molar-refractivity contribution >= 4 is 18.6 Å². The van der Waals surface area contributed by atoms with Gasteiger partial charge in [-0.3, -0.25) is 0 Å². The molecule has 0 amide bonds. The Morgan fingerprint density at radius 2 is 2.50 bits per heavy atom. The van der Waals surface area contributed by atoms with Crippen LogP contribution in [0.5, 0.6) is 0 Å². The average Bonchev–Trinajstić information content (AvgIpc) is 1.99. The summed E-state index contributed by atoms with van der Waals surface area (Å²) in [6.45, 7) is 3.17. The molecular formula is C6H10O3S. The second kappa shape index (κ2) is 5.32. The molecule has 0 aromatic rings. The molecule has 3 nitrogen and oxygen atoms in total. The Balaban J connectivity index is 3.34. The van der Waals surface area contributed by atoms with Crippen LogP contribution in [0.25, 0.3) is 0 Å². The minimum absolute atomic E-state index is 0.0195. The van der Waals surface area contributed by atoms with Gasteiger partial charge in [-0.25, -0.2) is 4.79 Å². The van der Waals surface area contributed by atoms with Gasteiger partial charge in [-0.1, -0.05) is 6.58 Å². The van der Waals surface area contributed by atoms with Crippen molar-refractivity contribution in [2.24, 2.45) is 0 Å². The van der Waals surface area contributed by atoms with Gasteiger partial charge >= 0.3 is 5.97 Å². The van der Waals surface area contributed by atoms with E-state index in [1.807, 2.05) is 0 Å². The molecule has 1 unspecified atom stereocenters. The van der Waals surface area contributed by atoms with Crippen molar-refractivity contribution in [3.05, 3.63) is 12.7 Å². The average molecular weight is 162 g/mol. The van der Waals surface area contributed by atoms with Gasteiger partial charge in [0.1, 0.15) is 6.61 Å². The Bertz CT molecular complexity index is 124. The fourth-order valence-corrected chi connectivity index (χ4v) is 0.395. The first-order valence-corrected chi connectivity index (χ1v) is 3.42. The lowest BCUT2D eigenvalue weighted by atomic mass is 10.4. The van der Waals surface area contributed by atoms with E-state index in [-0.39, 0.29) is 12.4 Å². The van der Waals surface area contributed by atoms with Gasteiger partial charge in [0, 0.05) is 11.8 Å². The molecule has 0 aromatic heterocycles. The van der Waals surface area contributed by atoms with E-state index in [0.717, 1.165) is 6.08 Å². The van der Waals surface area contributed by atoms with Crippen molar-refractivity contribution in [2.75, 3.05) is 12.4 Å². The zero-order valence-corrected chi connectivity index (χ0v) is 6.38. The van der Waals surface area contributed by atoms with Crippen molar-refractivity contribution in [2.45, 2.75) is 6.10 Å². The SMILES string of the molecule is C=CC(=O)OCC(O)CS. The lowest BCUT2D eigenvalue weighted by Crippen LogP contribution is -2.18. The van der Waals surface area contributed by atoms with Crippen LogP contribution >= 0.6 is 12.6 Å². The molecule has 0 fully saturated rings. The van der Waals surface area contributed by atoms with E-state index in [1.54, 1.807) is 0 Å². The summed E-state index contributed by atoms with van der Waals surface area (Å²) in [5.41, 5.74) is 0. The number of carbonyl (C=O) groups excluding carboxylic acids is 1. The van der Waals surface area contributed by atoms with Crippen LogP contribution in [0.2, 0.25) is 0 Å². The van der Waals surface area contributed by atoms with E-state index in [2.05, 4.69) is 23.9 Å². The van der Waals surface area contributed by atoms with Crippen LogP contribution in [0.4, 0.5) is 0 Å². The number of carbonyl (C=O) groups is 1. The quantitative estimate of drug-likeness (QED) is 0.347. The topological polar surface area (TPSA) is 46.5 Å². The first-order valence-electron chi connectivity index (χ1n) is 2.78. The maximum atomic E-state index is 10.4. The highest BCUT2D eigenvalue weighted by Crippen LogP contribution is 1.89. The zero-order chi connectivity index (χ0) is 7.98. The Morgan fingerprint density at radius 1 is 1.90 bits per heavy atom. The molecule has 0 heterocycles. The molecule has 0 aliphatic heterocycles. The van der Waals surface area contributed by atoms with Crippen molar-refractivity contribution in [3.8, 4) is 0 Å². The second-order valence-corrected chi connectivity index (χ2v) is 2.04. The highest BCUT2D eigenvalue weighted by atomic mass is 32.1. The summed E-state index contributed by atoms with van der Waals surface area (Å²) in [5, 5.41) is 8.81. The summed E-state index contributed by atoms with van der Waals surface area (Å²) in [7, 11) is 0. The van der Waals surface area contributed by atoms with Gasteiger partial charge in [0.25, 0.3) is 0 Å². The van der Waals surface area contributed by atoms with Crippen molar-refractivity contribution in [1.29, 1.82) is 0 Å². The first-order chi connectivity index (χ1) is 4.70. The molecule has 0 bridgehead atoms. The molecule has 0 aliphatic carbocycles. The molecular weight excluding hydrogens is 152 g/mol. The van der Waals surface area contributed by atoms with Crippen LogP contribution in [0.1, 0.15) is 0 Å². The van der Waals surface area contributed by atoms with Crippen molar-refractivity contribution in [1.82, 2.24) is 0 Å². The third kappa shape index (κ3) is 4.40. The van der Waals surface area contributed by atoms with E-state index >= 15 is 0 Å². The predicted octanol–water partition coefficient (Wildman–Crippen LogP) is 0.00630. The van der Waals surface area contributed by atoms with Crippen molar-refractivity contribution < 1.29 is 14.6 Å². The van der Waals surface area contributed by atoms with Gasteiger partial charge in [0.05, 0.1) is 6.10 Å². The normalized spacial score (nSPS) is 12.2. The fourth-order valence-electron chi connectivity index (χ4n) is 0.290. The molecule has 0 radical (unpaired) electrons. The molecule has 0 rings (SSSR count). The third-order valence-electron chi connectivity index (χ3n) is 0.795. The summed E-state index contributed by atoms with van der Waals surface area (Å²) in [6.07, 6.45) is 0.359. The lowest BCUT2D eigenvalue weighted by molar-refractivity contribution is -0.140. The van der Waals surface area contributed by atoms with Gasteiger partial charge in [-0.2, -0.15) is 12.6 Å². The molecule has 1 N–H and O–H groups in total. The van der Waals surface area contributed by atoms with Crippen LogP contribution in [-0.2, 0) is 9.53 Å². The van der Waals surface area contributed by atoms with Gasteiger partial charge < -0.3 is 9.84 Å². The summed E-state index contributed by atoms with van der Waals surface area (Å²) in [6, 6.07) is 0. The lowest BCUT2D eigenvalue weighted by Gasteiger charge is -2.05. The van der Waals surface area contributed by atoms with Gasteiger partial charge in [0.15, 0.2) is 0 Å². The van der Waals surface area contributed by atoms with Crippen LogP contribution < -0.4 is 0 Å². The van der Waals surface area contributed by atoms with Crippen LogP contribution in [0, 0.1) is 0 Å². The largest absolute Gasteiger partial charge is 0.460 e. The monoisotopic (exact) mass is 162 g/mol. The number of aliphatic hydroxyl groups excluding tert-OH is 1. The Kier molecular flexibility index (Phi) is 5.06. The highest BCUT2D eigenvalue weighted by molar-refractivity contribution is 7.80. The number of ether oxygens (including phenoxy) is 1. The highest BCUT2D eigenvalue weighted by Gasteiger charge is 2.02. The molecule has 4 heteroatoms. The van der Waals surface area contributed by atoms with Gasteiger partial charge in [-0.05, 0) is 0 Å². The molecule has 0 spiro atoms. The molecule has 0 saturated carbocycles. The zero-order valence-electron chi connectivity index (χ0n) is 5.49. The summed E-state index contributed by atoms with van der Waals surface area (Å²) < 4.78 is 4.49. The summed E-state index contributed by atoms with van der Waals surface area (Å²) in [4.78, 5) is 10.4. The molecule has 10 heavy (non-hydrogen) atoms. The molecule has 58 valence electrons. The summed E-state index contributed by atoms with van der Waals surface area (Å²) >= 11 is 3.78. The van der Waals surface area contributed by atoms with E-state index in [1.165, 1.54) is 0 Å². The van der Waals surface area contributed by atoms with Gasteiger partial charge in [0.2, 0.25) is 0 Å². The number of rotatable bonds is 4. The minimum atomic E-state index is -0.688. The Morgan fingerprint density at radius 3 is 2.90 bits per heavy atom. The van der Waals surface area contributed by atoms with E-state index < -0.39 is 12.1 Å². The maximum absolute atomic E-state index is 10.4. The third-order valence-corrected chi connectivity index (χ3v) is 1.22. The molecule has 1 atom stereocenters. The van der Waals surface area contributed by atoms with E-state index in [9.17, 15) is 4.79 Å². The van der Waals surface area contributed by atoms with Crippen LogP contribution in [0.15, 0.2) is 12.7 Å². The standard InChI is InChI=1S/C6H10O3S/c1-2-6(8)9-3-5(7)4-10/h2,5,7,10H,1,3-4H2. The number of aliphatic hydroxyl groups is 1. The predicted molar refractivity (Wildman–Crippen MR) is 41.0 cm³/mol. The minimum Gasteiger partial charge on any atom is -0.460 e. The number of esters is 1.